The van der Waals surface area contributed by atoms with Gasteiger partial charge in [-0.15, -0.1) is 0 Å². The van der Waals surface area contributed by atoms with E-state index in [-0.39, 0.29) is 23.9 Å². The van der Waals surface area contributed by atoms with Crippen LogP contribution in [-0.2, 0) is 9.59 Å². The van der Waals surface area contributed by atoms with Gasteiger partial charge in [-0.1, -0.05) is 52.9 Å². The summed E-state index contributed by atoms with van der Waals surface area (Å²) in [6, 6.07) is -0.648. The Hall–Kier alpha value is -1.06. The lowest BCUT2D eigenvalue weighted by atomic mass is 9.98. The minimum absolute atomic E-state index is 0.00812. The molecule has 1 fully saturated rings. The summed E-state index contributed by atoms with van der Waals surface area (Å²) in [6.07, 6.45) is 7.91. The first-order chi connectivity index (χ1) is 9.97. The number of unbranched alkanes of at least 4 members (excludes halogenated alkanes) is 5. The number of amides is 2. The summed E-state index contributed by atoms with van der Waals surface area (Å²) < 4.78 is 0. The summed E-state index contributed by atoms with van der Waals surface area (Å²) in [5, 5.41) is 2.87. The van der Waals surface area contributed by atoms with Crippen LogP contribution in [0.25, 0.3) is 0 Å². The van der Waals surface area contributed by atoms with Gasteiger partial charge in [-0.3, -0.25) is 9.59 Å². The highest BCUT2D eigenvalue weighted by molar-refractivity contribution is 5.96. The number of hydrogen-bond donors (Lipinski definition) is 1. The molecule has 2 amide bonds. The fourth-order valence-corrected chi connectivity index (χ4v) is 2.88. The molecule has 1 aliphatic heterocycles. The van der Waals surface area contributed by atoms with Gasteiger partial charge in [0.15, 0.2) is 0 Å². The largest absolute Gasteiger partial charge is 0.343 e. The third-order valence-corrected chi connectivity index (χ3v) is 4.20. The molecule has 0 saturated carbocycles. The summed E-state index contributed by atoms with van der Waals surface area (Å²) in [5.74, 6) is 0.499. The first-order valence-electron chi connectivity index (χ1n) is 8.58. The van der Waals surface area contributed by atoms with Crippen molar-refractivity contribution in [1.82, 2.24) is 10.2 Å². The first-order valence-corrected chi connectivity index (χ1v) is 8.58. The van der Waals surface area contributed by atoms with Crippen LogP contribution in [0.1, 0.15) is 72.6 Å². The van der Waals surface area contributed by atoms with Gasteiger partial charge in [0.1, 0.15) is 12.1 Å². The van der Waals surface area contributed by atoms with E-state index in [1.165, 1.54) is 25.7 Å². The van der Waals surface area contributed by atoms with Gasteiger partial charge in [-0.05, 0) is 25.7 Å². The van der Waals surface area contributed by atoms with E-state index in [1.807, 2.05) is 6.92 Å². The molecule has 4 nitrogen and oxygen atoms in total. The summed E-state index contributed by atoms with van der Waals surface area (Å²) in [5.41, 5.74) is 0. The van der Waals surface area contributed by atoms with Crippen LogP contribution in [0.2, 0.25) is 0 Å². The minimum atomic E-state index is -0.325. The molecule has 0 aliphatic carbocycles. The number of hydrogen-bond acceptors (Lipinski definition) is 2. The van der Waals surface area contributed by atoms with Crippen molar-refractivity contribution in [3.05, 3.63) is 0 Å². The standard InChI is InChI=1S/C17H32N2O2/c1-5-6-7-8-9-10-11-19-14(4)16(20)18-15(17(19)21)12-13(2)3/h13-15H,5-12H2,1-4H3,(H,18,20). The molecule has 1 saturated heterocycles. The highest BCUT2D eigenvalue weighted by Gasteiger charge is 2.37. The molecule has 0 radical (unpaired) electrons. The molecule has 1 aliphatic rings. The zero-order valence-corrected chi connectivity index (χ0v) is 14.2. The predicted molar refractivity (Wildman–Crippen MR) is 85.9 cm³/mol. The third-order valence-electron chi connectivity index (χ3n) is 4.20. The van der Waals surface area contributed by atoms with Crippen molar-refractivity contribution in [2.75, 3.05) is 6.54 Å². The van der Waals surface area contributed by atoms with Crippen molar-refractivity contribution in [2.45, 2.75) is 84.7 Å². The quantitative estimate of drug-likeness (QED) is 0.665. The van der Waals surface area contributed by atoms with Crippen LogP contribution in [-0.4, -0.2) is 35.3 Å². The minimum Gasteiger partial charge on any atom is -0.343 e. The molecule has 0 aromatic heterocycles. The van der Waals surface area contributed by atoms with Gasteiger partial charge in [-0.2, -0.15) is 0 Å². The Morgan fingerprint density at radius 3 is 2.33 bits per heavy atom. The second-order valence-corrected chi connectivity index (χ2v) is 6.67. The molecule has 2 unspecified atom stereocenters. The molecule has 1 rings (SSSR count). The van der Waals surface area contributed by atoms with E-state index in [9.17, 15) is 9.59 Å². The number of carbonyl (C=O) groups is 2. The molecule has 0 aromatic rings. The summed E-state index contributed by atoms with van der Waals surface area (Å²) in [6.45, 7) is 8.91. The van der Waals surface area contributed by atoms with Crippen molar-refractivity contribution < 1.29 is 9.59 Å². The maximum Gasteiger partial charge on any atom is 0.245 e. The molecule has 1 heterocycles. The second-order valence-electron chi connectivity index (χ2n) is 6.67. The van der Waals surface area contributed by atoms with Gasteiger partial charge < -0.3 is 10.2 Å². The van der Waals surface area contributed by atoms with Gasteiger partial charge >= 0.3 is 0 Å². The number of carbonyl (C=O) groups excluding carboxylic acids is 2. The monoisotopic (exact) mass is 296 g/mol. The Balaban J connectivity index is 2.45. The molecule has 0 aromatic carbocycles. The molecule has 4 heteroatoms. The van der Waals surface area contributed by atoms with Crippen LogP contribution in [0.3, 0.4) is 0 Å². The van der Waals surface area contributed by atoms with E-state index < -0.39 is 0 Å². The Labute approximate surface area is 129 Å². The SMILES string of the molecule is CCCCCCCCN1C(=O)C(CC(C)C)NC(=O)C1C. The lowest BCUT2D eigenvalue weighted by Crippen LogP contribution is -2.62. The summed E-state index contributed by atoms with van der Waals surface area (Å²) in [4.78, 5) is 26.3. The van der Waals surface area contributed by atoms with Gasteiger partial charge in [0.25, 0.3) is 0 Å². The molecule has 122 valence electrons. The highest BCUT2D eigenvalue weighted by Crippen LogP contribution is 2.17. The smallest absolute Gasteiger partial charge is 0.245 e. The summed E-state index contributed by atoms with van der Waals surface area (Å²) in [7, 11) is 0. The number of nitrogens with zero attached hydrogens (tertiary/aromatic N) is 1. The Kier molecular flexibility index (Phi) is 7.76. The number of nitrogens with one attached hydrogen (secondary N) is 1. The van der Waals surface area contributed by atoms with Crippen molar-refractivity contribution in [1.29, 1.82) is 0 Å². The maximum atomic E-state index is 12.5. The normalized spacial score (nSPS) is 22.8. The van der Waals surface area contributed by atoms with Crippen LogP contribution in [0, 0.1) is 5.92 Å². The van der Waals surface area contributed by atoms with Crippen molar-refractivity contribution in [3.8, 4) is 0 Å². The van der Waals surface area contributed by atoms with E-state index in [2.05, 4.69) is 26.1 Å². The lowest BCUT2D eigenvalue weighted by molar-refractivity contribution is -0.149. The van der Waals surface area contributed by atoms with E-state index in [0.717, 1.165) is 19.3 Å². The van der Waals surface area contributed by atoms with Gasteiger partial charge in [0, 0.05) is 6.54 Å². The zero-order chi connectivity index (χ0) is 15.8. The molecule has 0 spiro atoms. The van der Waals surface area contributed by atoms with E-state index >= 15 is 0 Å². The lowest BCUT2D eigenvalue weighted by Gasteiger charge is -2.38. The summed E-state index contributed by atoms with van der Waals surface area (Å²) >= 11 is 0. The molecule has 2 atom stereocenters. The third kappa shape index (κ3) is 5.68. The topological polar surface area (TPSA) is 49.4 Å². The van der Waals surface area contributed by atoms with E-state index in [1.54, 1.807) is 4.90 Å². The van der Waals surface area contributed by atoms with Gasteiger partial charge in [0.2, 0.25) is 11.8 Å². The van der Waals surface area contributed by atoms with Crippen LogP contribution >= 0.6 is 0 Å². The van der Waals surface area contributed by atoms with Crippen LogP contribution in [0.5, 0.6) is 0 Å². The first kappa shape index (κ1) is 18.0. The van der Waals surface area contributed by atoms with Crippen molar-refractivity contribution >= 4 is 11.8 Å². The molecule has 0 bridgehead atoms. The Morgan fingerprint density at radius 1 is 1.10 bits per heavy atom. The zero-order valence-electron chi connectivity index (χ0n) is 14.2. The fourth-order valence-electron chi connectivity index (χ4n) is 2.88. The molecular formula is C17H32N2O2. The van der Waals surface area contributed by atoms with Crippen molar-refractivity contribution in [2.24, 2.45) is 5.92 Å². The predicted octanol–water partition coefficient (Wildman–Crippen LogP) is 3.11. The molecular weight excluding hydrogens is 264 g/mol. The highest BCUT2D eigenvalue weighted by atomic mass is 16.2. The Morgan fingerprint density at radius 2 is 1.71 bits per heavy atom. The van der Waals surface area contributed by atoms with Gasteiger partial charge in [-0.25, -0.2) is 0 Å². The molecule has 21 heavy (non-hydrogen) atoms. The second kappa shape index (κ2) is 9.06. The van der Waals surface area contributed by atoms with Crippen LogP contribution in [0.4, 0.5) is 0 Å². The van der Waals surface area contributed by atoms with E-state index in [4.69, 9.17) is 0 Å². The van der Waals surface area contributed by atoms with Crippen molar-refractivity contribution in [3.63, 3.8) is 0 Å². The average Bonchev–Trinajstić information content (AvgIpc) is 2.42. The maximum absolute atomic E-state index is 12.5. The van der Waals surface area contributed by atoms with Crippen LogP contribution < -0.4 is 5.32 Å². The van der Waals surface area contributed by atoms with Gasteiger partial charge in [0.05, 0.1) is 0 Å². The van der Waals surface area contributed by atoms with Crippen LogP contribution in [0.15, 0.2) is 0 Å². The Bertz CT molecular complexity index is 342. The molecule has 1 N–H and O–H groups in total. The number of rotatable bonds is 9. The fraction of sp³-hybridized carbons (Fsp3) is 0.882. The van der Waals surface area contributed by atoms with E-state index in [0.29, 0.717) is 12.5 Å². The number of piperazine rings is 1. The average molecular weight is 296 g/mol.